The highest BCUT2D eigenvalue weighted by atomic mass is 16.4. The Labute approximate surface area is 82.4 Å². The molecule has 1 aromatic rings. The van der Waals surface area contributed by atoms with Crippen molar-refractivity contribution in [1.82, 2.24) is 0 Å². The van der Waals surface area contributed by atoms with Crippen LogP contribution in [0.25, 0.3) is 0 Å². The molecule has 2 bridgehead atoms. The quantitative estimate of drug-likeness (QED) is 0.488. The fourth-order valence-corrected chi connectivity index (χ4v) is 1.20. The minimum Gasteiger partial charge on any atom is -0.430 e. The molecule has 1 aromatic carbocycles. The second kappa shape index (κ2) is 4.60. The monoisotopic (exact) mass is 191 g/mol. The van der Waals surface area contributed by atoms with Crippen LogP contribution in [0.4, 0.5) is 11.4 Å². The summed E-state index contributed by atoms with van der Waals surface area (Å²) in [4.78, 5) is 12.7. The first-order valence-corrected chi connectivity index (χ1v) is 4.03. The molecule has 0 fully saturated rings. The maximum Gasteiger partial charge on any atom is 0.432 e. The summed E-state index contributed by atoms with van der Waals surface area (Å²) >= 11 is 0. The molecule has 0 spiro atoms. The third kappa shape index (κ3) is 1.84. The largest absolute Gasteiger partial charge is 0.432 e. The summed E-state index contributed by atoms with van der Waals surface area (Å²) in [5, 5.41) is 14.2. The van der Waals surface area contributed by atoms with Crippen molar-refractivity contribution in [3.63, 3.8) is 0 Å². The van der Waals surface area contributed by atoms with Gasteiger partial charge in [-0.3, -0.25) is 9.69 Å². The molecule has 0 unspecified atom stereocenters. The molecule has 0 saturated heterocycles. The first-order valence-electron chi connectivity index (χ1n) is 4.03. The van der Waals surface area contributed by atoms with Crippen LogP contribution < -0.4 is 4.90 Å². The van der Waals surface area contributed by atoms with Crippen LogP contribution in [-0.4, -0.2) is 23.6 Å². The molecule has 14 heavy (non-hydrogen) atoms. The van der Waals surface area contributed by atoms with Crippen molar-refractivity contribution in [1.29, 1.82) is 0 Å². The Morgan fingerprint density at radius 1 is 1.43 bits per heavy atom. The van der Waals surface area contributed by atoms with Gasteiger partial charge >= 0.3 is 7.69 Å². The van der Waals surface area contributed by atoms with E-state index < -0.39 is 7.69 Å². The van der Waals surface area contributed by atoms with Gasteiger partial charge in [-0.1, -0.05) is 12.6 Å². The average molecular weight is 191 g/mol. The predicted octanol–water partition coefficient (Wildman–Crippen LogP) is 0.0882. The molecular formula is C9H10BNO3. The van der Waals surface area contributed by atoms with Crippen molar-refractivity contribution in [2.45, 2.75) is 0 Å². The van der Waals surface area contributed by atoms with Crippen molar-refractivity contribution in [3.05, 3.63) is 36.9 Å². The summed E-state index contributed by atoms with van der Waals surface area (Å²) in [6, 6.07) is 7.68. The Bertz CT molecular complexity index is 327. The fraction of sp³-hybridized carbons (Fsp3) is 0. The SMILES string of the molecule is C=CC(=O)N1c2cccc1c2.OBO. The van der Waals surface area contributed by atoms with Crippen LogP contribution in [-0.2, 0) is 4.79 Å². The number of carbonyl (C=O) groups is 1. The van der Waals surface area contributed by atoms with Crippen molar-refractivity contribution >= 4 is 25.0 Å². The minimum atomic E-state index is -0.750. The molecule has 2 N–H and O–H groups in total. The lowest BCUT2D eigenvalue weighted by atomic mass is 10.1. The molecule has 2 aliphatic rings. The van der Waals surface area contributed by atoms with E-state index in [1.54, 1.807) is 4.90 Å². The number of hydrogen-bond donors (Lipinski definition) is 2. The summed E-state index contributed by atoms with van der Waals surface area (Å²) in [5.74, 6) is -0.0573. The third-order valence-electron chi connectivity index (χ3n) is 1.74. The highest BCUT2D eigenvalue weighted by Gasteiger charge is 2.22. The highest BCUT2D eigenvalue weighted by molar-refractivity contribution is 6.13. The Morgan fingerprint density at radius 3 is 2.29 bits per heavy atom. The van der Waals surface area contributed by atoms with Gasteiger partial charge in [0.2, 0.25) is 0 Å². The zero-order valence-electron chi connectivity index (χ0n) is 7.55. The number of hydrogen-bond acceptors (Lipinski definition) is 3. The van der Waals surface area contributed by atoms with E-state index in [0.717, 1.165) is 11.4 Å². The Hall–Kier alpha value is -1.59. The molecule has 1 amide bonds. The van der Waals surface area contributed by atoms with E-state index in [9.17, 15) is 4.79 Å². The van der Waals surface area contributed by atoms with E-state index in [1.807, 2.05) is 24.3 Å². The van der Waals surface area contributed by atoms with Crippen molar-refractivity contribution in [2.24, 2.45) is 0 Å². The second-order valence-corrected chi connectivity index (χ2v) is 2.54. The van der Waals surface area contributed by atoms with Gasteiger partial charge in [-0.05, 0) is 24.3 Å². The standard InChI is InChI=1S/C9H7NO.BH3O2/c1-2-9(11)10-7-4-3-5-8(10)6-7;2-1-3/h2-6H,1H2;1-3H. The molecule has 3 rings (SSSR count). The molecule has 0 saturated carbocycles. The number of nitrogens with zero attached hydrogens (tertiary/aromatic N) is 1. The van der Waals surface area contributed by atoms with E-state index in [4.69, 9.17) is 10.0 Å². The number of anilines is 2. The van der Waals surface area contributed by atoms with E-state index in [1.165, 1.54) is 6.08 Å². The smallest absolute Gasteiger partial charge is 0.430 e. The van der Waals surface area contributed by atoms with Gasteiger partial charge in [0.1, 0.15) is 0 Å². The summed E-state index contributed by atoms with van der Waals surface area (Å²) in [6.45, 7) is 3.42. The maximum atomic E-state index is 11.1. The van der Waals surface area contributed by atoms with Crippen LogP contribution in [0, 0.1) is 0 Å². The molecule has 2 aliphatic heterocycles. The average Bonchev–Trinajstić information content (AvgIpc) is 2.20. The molecule has 0 atom stereocenters. The molecule has 0 aromatic heterocycles. The van der Waals surface area contributed by atoms with Gasteiger partial charge in [0.05, 0.1) is 11.4 Å². The number of fused-ring (bicyclic) bond motifs is 2. The van der Waals surface area contributed by atoms with Crippen LogP contribution in [0.3, 0.4) is 0 Å². The zero-order chi connectivity index (χ0) is 10.6. The van der Waals surface area contributed by atoms with Gasteiger partial charge in [-0.15, -0.1) is 0 Å². The number of amides is 1. The summed E-state index contributed by atoms with van der Waals surface area (Å²) in [5.41, 5.74) is 1.90. The van der Waals surface area contributed by atoms with Crippen LogP contribution in [0.1, 0.15) is 0 Å². The zero-order valence-corrected chi connectivity index (χ0v) is 7.55. The summed E-state index contributed by atoms with van der Waals surface area (Å²) < 4.78 is 0. The molecular weight excluding hydrogens is 181 g/mol. The molecule has 72 valence electrons. The van der Waals surface area contributed by atoms with Crippen LogP contribution in [0.15, 0.2) is 36.9 Å². The van der Waals surface area contributed by atoms with E-state index in [0.29, 0.717) is 0 Å². The third-order valence-corrected chi connectivity index (χ3v) is 1.74. The van der Waals surface area contributed by atoms with E-state index >= 15 is 0 Å². The van der Waals surface area contributed by atoms with Gasteiger partial charge in [0, 0.05) is 0 Å². The van der Waals surface area contributed by atoms with Crippen molar-refractivity contribution in [3.8, 4) is 0 Å². The lowest BCUT2D eigenvalue weighted by Gasteiger charge is -2.29. The normalized spacial score (nSPS) is 10.6. The van der Waals surface area contributed by atoms with Gasteiger partial charge < -0.3 is 10.0 Å². The van der Waals surface area contributed by atoms with Crippen LogP contribution in [0.2, 0.25) is 0 Å². The summed E-state index contributed by atoms with van der Waals surface area (Å²) in [7, 11) is -0.750. The van der Waals surface area contributed by atoms with Crippen LogP contribution >= 0.6 is 0 Å². The summed E-state index contributed by atoms with van der Waals surface area (Å²) in [6.07, 6.45) is 1.32. The minimum absolute atomic E-state index is 0.0573. The molecule has 4 nitrogen and oxygen atoms in total. The number of rotatable bonds is 1. The molecule has 0 aliphatic carbocycles. The number of carbonyl (C=O) groups excluding carboxylic acids is 1. The molecule has 2 heterocycles. The molecule has 5 heteroatoms. The topological polar surface area (TPSA) is 60.8 Å². The van der Waals surface area contributed by atoms with Crippen molar-refractivity contribution < 1.29 is 14.8 Å². The van der Waals surface area contributed by atoms with E-state index in [-0.39, 0.29) is 5.91 Å². The predicted molar refractivity (Wildman–Crippen MR) is 55.4 cm³/mol. The van der Waals surface area contributed by atoms with Crippen LogP contribution in [0.5, 0.6) is 0 Å². The fourth-order valence-electron chi connectivity index (χ4n) is 1.20. The lowest BCUT2D eigenvalue weighted by Crippen LogP contribution is -2.28. The first-order chi connectivity index (χ1) is 6.74. The van der Waals surface area contributed by atoms with Gasteiger partial charge in [0.15, 0.2) is 0 Å². The van der Waals surface area contributed by atoms with E-state index in [2.05, 4.69) is 6.58 Å². The van der Waals surface area contributed by atoms with Gasteiger partial charge in [0.25, 0.3) is 5.91 Å². The van der Waals surface area contributed by atoms with Crippen molar-refractivity contribution in [2.75, 3.05) is 4.90 Å². The first kappa shape index (κ1) is 10.5. The highest BCUT2D eigenvalue weighted by Crippen LogP contribution is 2.36. The Balaban J connectivity index is 0.000000293. The maximum absolute atomic E-state index is 11.1. The van der Waals surface area contributed by atoms with Gasteiger partial charge in [-0.2, -0.15) is 0 Å². The number of benzene rings is 1. The van der Waals surface area contributed by atoms with Gasteiger partial charge in [-0.25, -0.2) is 0 Å². The second-order valence-electron chi connectivity index (χ2n) is 2.54. The Kier molecular flexibility index (Phi) is 3.44. The Morgan fingerprint density at radius 2 is 1.93 bits per heavy atom. The lowest BCUT2D eigenvalue weighted by molar-refractivity contribution is -0.113. The molecule has 0 radical (unpaired) electrons.